The number of nitrogens with zero attached hydrogens (tertiary/aromatic N) is 4. The lowest BCUT2D eigenvalue weighted by Gasteiger charge is -2.36. The van der Waals surface area contributed by atoms with Gasteiger partial charge in [-0.3, -0.25) is 4.40 Å². The van der Waals surface area contributed by atoms with E-state index < -0.39 is 5.60 Å². The van der Waals surface area contributed by atoms with E-state index in [4.69, 9.17) is 10.5 Å². The van der Waals surface area contributed by atoms with Gasteiger partial charge in [0.15, 0.2) is 0 Å². The highest BCUT2D eigenvalue weighted by Crippen LogP contribution is 2.28. The van der Waals surface area contributed by atoms with Crippen LogP contribution in [0.15, 0.2) is 42.7 Å². The number of carbonyl (C=O) groups is 1. The van der Waals surface area contributed by atoms with Gasteiger partial charge in [-0.2, -0.15) is 4.98 Å². The van der Waals surface area contributed by atoms with Crippen molar-refractivity contribution in [2.24, 2.45) is 0 Å². The van der Waals surface area contributed by atoms with Gasteiger partial charge in [0.1, 0.15) is 17.2 Å². The summed E-state index contributed by atoms with van der Waals surface area (Å²) in [6.45, 7) is 6.37. The molecule has 0 bridgehead atoms. The van der Waals surface area contributed by atoms with Gasteiger partial charge in [0, 0.05) is 36.1 Å². The van der Waals surface area contributed by atoms with Gasteiger partial charge >= 0.3 is 6.09 Å². The summed E-state index contributed by atoms with van der Waals surface area (Å²) in [5, 5.41) is 10.1. The number of likely N-dealkylation sites (tertiary alicyclic amines) is 1. The van der Waals surface area contributed by atoms with Crippen LogP contribution in [0.5, 0.6) is 5.75 Å². The number of aromatic hydroxyl groups is 1. The molecule has 1 aromatic carbocycles. The third-order valence-electron chi connectivity index (χ3n) is 5.65. The standard InChI is InChI=1S/C25H31N5O3/c1-25(2,3)33-24(32)30-14-7-6-10-18(30)11-8-9-17-15-29-16-20(27-23(29)28-22(17)26)19-12-4-5-13-21(19)31/h4-5,8-9,12-13,15-16,18,31H,6-7,10-11,14H2,1-3H3,(H2,26,27,28). The lowest BCUT2D eigenvalue weighted by Crippen LogP contribution is -2.45. The Bertz CT molecular complexity index is 1180. The summed E-state index contributed by atoms with van der Waals surface area (Å²) in [5.74, 6) is 1.00. The Morgan fingerprint density at radius 3 is 2.79 bits per heavy atom. The van der Waals surface area contributed by atoms with Gasteiger partial charge in [-0.05, 0) is 58.6 Å². The predicted octanol–water partition coefficient (Wildman–Crippen LogP) is 4.88. The molecular weight excluding hydrogens is 418 g/mol. The van der Waals surface area contributed by atoms with Gasteiger partial charge in [-0.1, -0.05) is 24.3 Å². The number of hydrogen-bond donors (Lipinski definition) is 2. The number of amides is 1. The molecule has 2 aromatic heterocycles. The first kappa shape index (κ1) is 22.6. The van der Waals surface area contributed by atoms with Gasteiger partial charge in [-0.25, -0.2) is 9.78 Å². The minimum absolute atomic E-state index is 0.101. The van der Waals surface area contributed by atoms with Crippen molar-refractivity contribution in [3.05, 3.63) is 48.3 Å². The number of fused-ring (bicyclic) bond motifs is 1. The zero-order valence-corrected chi connectivity index (χ0v) is 19.4. The molecule has 4 rings (SSSR count). The van der Waals surface area contributed by atoms with Crippen molar-refractivity contribution in [1.29, 1.82) is 0 Å². The van der Waals surface area contributed by atoms with Crippen LogP contribution in [0.25, 0.3) is 23.1 Å². The molecule has 33 heavy (non-hydrogen) atoms. The van der Waals surface area contributed by atoms with Crippen molar-refractivity contribution in [2.45, 2.75) is 58.1 Å². The van der Waals surface area contributed by atoms with E-state index in [1.165, 1.54) is 0 Å². The van der Waals surface area contributed by atoms with Crippen LogP contribution in [-0.4, -0.2) is 48.7 Å². The molecule has 1 aliphatic rings. The normalized spacial score (nSPS) is 17.1. The summed E-state index contributed by atoms with van der Waals surface area (Å²) in [7, 11) is 0. The average Bonchev–Trinajstić information content (AvgIpc) is 3.15. The molecule has 1 atom stereocenters. The lowest BCUT2D eigenvalue weighted by molar-refractivity contribution is 0.0103. The maximum Gasteiger partial charge on any atom is 0.410 e. The second-order valence-corrected chi connectivity index (χ2v) is 9.39. The quantitative estimate of drug-likeness (QED) is 0.588. The van der Waals surface area contributed by atoms with Crippen LogP contribution < -0.4 is 5.73 Å². The Hall–Kier alpha value is -3.55. The predicted molar refractivity (Wildman–Crippen MR) is 129 cm³/mol. The average molecular weight is 450 g/mol. The van der Waals surface area contributed by atoms with Gasteiger partial charge in [0.25, 0.3) is 0 Å². The molecule has 3 heterocycles. The number of carbonyl (C=O) groups excluding carboxylic acids is 1. The molecule has 0 saturated carbocycles. The number of rotatable bonds is 4. The molecular formula is C25H31N5O3. The Kier molecular flexibility index (Phi) is 6.26. The fourth-order valence-electron chi connectivity index (χ4n) is 4.06. The van der Waals surface area contributed by atoms with E-state index in [-0.39, 0.29) is 17.9 Å². The van der Waals surface area contributed by atoms with E-state index in [0.29, 0.717) is 35.8 Å². The number of nitrogens with two attached hydrogens (primary N) is 1. The number of nitrogen functional groups attached to an aromatic ring is 1. The molecule has 0 radical (unpaired) electrons. The summed E-state index contributed by atoms with van der Waals surface area (Å²) in [5.41, 5.74) is 7.70. The Balaban J connectivity index is 1.51. The molecule has 3 N–H and O–H groups in total. The molecule has 3 aromatic rings. The van der Waals surface area contributed by atoms with E-state index in [1.54, 1.807) is 16.5 Å². The van der Waals surface area contributed by atoms with Crippen LogP contribution in [0.3, 0.4) is 0 Å². The maximum atomic E-state index is 12.6. The number of para-hydroxylation sites is 1. The number of anilines is 1. The highest BCUT2D eigenvalue weighted by atomic mass is 16.6. The summed E-state index contributed by atoms with van der Waals surface area (Å²) < 4.78 is 7.39. The molecule has 8 heteroatoms. The van der Waals surface area contributed by atoms with Crippen molar-refractivity contribution in [3.8, 4) is 17.0 Å². The van der Waals surface area contributed by atoms with Crippen LogP contribution >= 0.6 is 0 Å². The van der Waals surface area contributed by atoms with E-state index in [1.807, 2.05) is 62.3 Å². The zero-order chi connectivity index (χ0) is 23.6. The number of piperidine rings is 1. The van der Waals surface area contributed by atoms with Crippen molar-refractivity contribution >= 4 is 23.8 Å². The number of hydrogen-bond acceptors (Lipinski definition) is 6. The number of phenolic OH excluding ortho intramolecular Hbond substituents is 1. The van der Waals surface area contributed by atoms with Crippen LogP contribution in [0, 0.1) is 0 Å². The summed E-state index contributed by atoms with van der Waals surface area (Å²) in [6, 6.07) is 7.15. The number of imidazole rings is 1. The summed E-state index contributed by atoms with van der Waals surface area (Å²) >= 11 is 0. The minimum Gasteiger partial charge on any atom is -0.507 e. The third kappa shape index (κ3) is 5.27. The van der Waals surface area contributed by atoms with Gasteiger partial charge in [0.05, 0.1) is 5.69 Å². The Morgan fingerprint density at radius 1 is 1.24 bits per heavy atom. The molecule has 0 spiro atoms. The molecule has 8 nitrogen and oxygen atoms in total. The van der Waals surface area contributed by atoms with Crippen molar-refractivity contribution in [2.75, 3.05) is 12.3 Å². The van der Waals surface area contributed by atoms with Crippen LogP contribution in [0.4, 0.5) is 10.6 Å². The smallest absolute Gasteiger partial charge is 0.410 e. The maximum absolute atomic E-state index is 12.6. The third-order valence-corrected chi connectivity index (χ3v) is 5.65. The fraction of sp³-hybridized carbons (Fsp3) is 0.400. The number of benzene rings is 1. The first-order valence-electron chi connectivity index (χ1n) is 11.3. The fourth-order valence-corrected chi connectivity index (χ4v) is 4.06. The highest BCUT2D eigenvalue weighted by Gasteiger charge is 2.29. The molecule has 1 aliphatic heterocycles. The van der Waals surface area contributed by atoms with Gasteiger partial charge in [-0.15, -0.1) is 0 Å². The van der Waals surface area contributed by atoms with Crippen molar-refractivity contribution < 1.29 is 14.6 Å². The molecule has 174 valence electrons. The molecule has 0 aliphatic carbocycles. The van der Waals surface area contributed by atoms with Gasteiger partial charge in [0.2, 0.25) is 5.78 Å². The Labute approximate surface area is 193 Å². The summed E-state index contributed by atoms with van der Waals surface area (Å²) in [6.07, 6.45) is 11.2. The van der Waals surface area contributed by atoms with E-state index >= 15 is 0 Å². The highest BCUT2D eigenvalue weighted by molar-refractivity contribution is 5.70. The van der Waals surface area contributed by atoms with Crippen molar-refractivity contribution in [1.82, 2.24) is 19.3 Å². The minimum atomic E-state index is -0.509. The largest absolute Gasteiger partial charge is 0.507 e. The van der Waals surface area contributed by atoms with Crippen LogP contribution in [-0.2, 0) is 4.74 Å². The number of aromatic nitrogens is 3. The molecule has 1 saturated heterocycles. The van der Waals surface area contributed by atoms with E-state index in [2.05, 4.69) is 9.97 Å². The lowest BCUT2D eigenvalue weighted by atomic mass is 9.99. The molecule has 1 fully saturated rings. The second-order valence-electron chi connectivity index (χ2n) is 9.39. The zero-order valence-electron chi connectivity index (χ0n) is 19.4. The monoisotopic (exact) mass is 449 g/mol. The van der Waals surface area contributed by atoms with Crippen molar-refractivity contribution in [3.63, 3.8) is 0 Å². The second kappa shape index (κ2) is 9.13. The Morgan fingerprint density at radius 2 is 2.03 bits per heavy atom. The van der Waals surface area contributed by atoms with Crippen LogP contribution in [0.1, 0.15) is 52.0 Å². The van der Waals surface area contributed by atoms with E-state index in [0.717, 1.165) is 24.8 Å². The number of ether oxygens (including phenoxy) is 1. The topological polar surface area (TPSA) is 106 Å². The van der Waals surface area contributed by atoms with Gasteiger partial charge < -0.3 is 20.5 Å². The van der Waals surface area contributed by atoms with E-state index in [9.17, 15) is 9.90 Å². The molecule has 1 unspecified atom stereocenters. The first-order chi connectivity index (χ1) is 15.7. The van der Waals surface area contributed by atoms with Crippen LogP contribution in [0.2, 0.25) is 0 Å². The SMILES string of the molecule is CC(C)(C)OC(=O)N1CCCCC1CC=Cc1cn2cc(-c3ccccc3O)nc2nc1N. The molecule has 1 amide bonds. The number of phenols is 1. The summed E-state index contributed by atoms with van der Waals surface area (Å²) in [4.78, 5) is 23.4. The first-order valence-corrected chi connectivity index (χ1v) is 11.3.